The number of benzene rings is 1. The van der Waals surface area contributed by atoms with Crippen LogP contribution in [0.4, 0.5) is 11.4 Å². The number of aliphatic hydroxyl groups is 2. The lowest BCUT2D eigenvalue weighted by molar-refractivity contribution is 0.0752. The lowest BCUT2D eigenvalue weighted by Crippen LogP contribution is -2.40. The van der Waals surface area contributed by atoms with Gasteiger partial charge >= 0.3 is 0 Å². The Morgan fingerprint density at radius 3 is 2.69 bits per heavy atom. The van der Waals surface area contributed by atoms with Crippen LogP contribution in [0.5, 0.6) is 0 Å². The van der Waals surface area contributed by atoms with Crippen LogP contribution in [0.3, 0.4) is 0 Å². The third-order valence-electron chi connectivity index (χ3n) is 3.16. The van der Waals surface area contributed by atoms with Gasteiger partial charge in [0.2, 0.25) is 0 Å². The first-order chi connectivity index (χ1) is 7.72. The number of aliphatic hydroxyl groups excluding tert-OH is 2. The molecule has 1 aromatic rings. The van der Waals surface area contributed by atoms with E-state index in [1.807, 2.05) is 24.3 Å². The topological polar surface area (TPSA) is 69.7 Å². The lowest BCUT2D eigenvalue weighted by atomic mass is 10.1. The van der Waals surface area contributed by atoms with Crippen LogP contribution in [0, 0.1) is 0 Å². The second kappa shape index (κ2) is 4.72. The highest BCUT2D eigenvalue weighted by atomic mass is 16.3. The van der Waals surface area contributed by atoms with E-state index in [9.17, 15) is 5.11 Å². The predicted molar refractivity (Wildman–Crippen MR) is 64.3 cm³/mol. The van der Waals surface area contributed by atoms with Crippen molar-refractivity contribution in [2.24, 2.45) is 0 Å². The number of nitrogens with two attached hydrogens (primary N) is 1. The molecule has 0 spiro atoms. The normalized spacial score (nSPS) is 22.4. The highest BCUT2D eigenvalue weighted by Crippen LogP contribution is 2.27. The van der Waals surface area contributed by atoms with Gasteiger partial charge in [0.15, 0.2) is 0 Å². The van der Waals surface area contributed by atoms with Gasteiger partial charge in [0.05, 0.1) is 18.8 Å². The molecule has 0 saturated carbocycles. The first kappa shape index (κ1) is 11.2. The summed E-state index contributed by atoms with van der Waals surface area (Å²) in [5, 5.41) is 18.7. The van der Waals surface area contributed by atoms with Crippen LogP contribution in [-0.4, -0.2) is 35.5 Å². The Hall–Kier alpha value is -1.26. The van der Waals surface area contributed by atoms with Gasteiger partial charge in [0.1, 0.15) is 0 Å². The third kappa shape index (κ3) is 2.13. The molecular weight excluding hydrogens is 204 g/mol. The van der Waals surface area contributed by atoms with Crippen LogP contribution >= 0.6 is 0 Å². The number of nitrogens with zero attached hydrogens (tertiary/aromatic N) is 1. The molecule has 1 aliphatic rings. The summed E-state index contributed by atoms with van der Waals surface area (Å²) in [7, 11) is 0. The van der Waals surface area contributed by atoms with Crippen molar-refractivity contribution in [2.75, 3.05) is 23.8 Å². The van der Waals surface area contributed by atoms with E-state index >= 15 is 0 Å². The van der Waals surface area contributed by atoms with Crippen LogP contribution in [0.15, 0.2) is 24.3 Å². The Bertz CT molecular complexity index is 339. The van der Waals surface area contributed by atoms with E-state index in [0.29, 0.717) is 0 Å². The maximum atomic E-state index is 9.73. The zero-order chi connectivity index (χ0) is 11.5. The molecule has 0 bridgehead atoms. The first-order valence-corrected chi connectivity index (χ1v) is 5.63. The molecule has 0 radical (unpaired) electrons. The van der Waals surface area contributed by atoms with E-state index in [4.69, 9.17) is 10.8 Å². The average molecular weight is 222 g/mol. The summed E-state index contributed by atoms with van der Waals surface area (Å²) < 4.78 is 0. The van der Waals surface area contributed by atoms with Crippen molar-refractivity contribution in [3.63, 3.8) is 0 Å². The van der Waals surface area contributed by atoms with Gasteiger partial charge in [-0.05, 0) is 37.1 Å². The summed E-state index contributed by atoms with van der Waals surface area (Å²) in [5.41, 5.74) is 7.44. The zero-order valence-electron chi connectivity index (χ0n) is 9.21. The highest BCUT2D eigenvalue weighted by Gasteiger charge is 2.30. The van der Waals surface area contributed by atoms with E-state index in [1.54, 1.807) is 0 Å². The summed E-state index contributed by atoms with van der Waals surface area (Å²) in [6, 6.07) is 7.65. The van der Waals surface area contributed by atoms with Gasteiger partial charge in [-0.25, -0.2) is 0 Å². The van der Waals surface area contributed by atoms with Gasteiger partial charge in [-0.1, -0.05) is 0 Å². The van der Waals surface area contributed by atoms with E-state index in [-0.39, 0.29) is 12.6 Å². The molecule has 0 amide bonds. The molecule has 1 aliphatic heterocycles. The maximum absolute atomic E-state index is 9.73. The zero-order valence-corrected chi connectivity index (χ0v) is 9.21. The molecule has 1 aromatic carbocycles. The minimum absolute atomic E-state index is 0.0219. The van der Waals surface area contributed by atoms with Gasteiger partial charge in [-0.2, -0.15) is 0 Å². The van der Waals surface area contributed by atoms with Crippen LogP contribution < -0.4 is 10.6 Å². The average Bonchev–Trinajstić information content (AvgIpc) is 2.78. The van der Waals surface area contributed by atoms with Crippen LogP contribution in [0.2, 0.25) is 0 Å². The molecule has 1 fully saturated rings. The number of hydrogen-bond acceptors (Lipinski definition) is 4. The van der Waals surface area contributed by atoms with Crippen molar-refractivity contribution in [1.29, 1.82) is 0 Å². The van der Waals surface area contributed by atoms with Gasteiger partial charge < -0.3 is 20.8 Å². The lowest BCUT2D eigenvalue weighted by Gasteiger charge is -2.29. The minimum atomic E-state index is -0.667. The van der Waals surface area contributed by atoms with Crippen LogP contribution in [-0.2, 0) is 0 Å². The fraction of sp³-hybridized carbons (Fsp3) is 0.500. The quantitative estimate of drug-likeness (QED) is 0.655. The van der Waals surface area contributed by atoms with Crippen molar-refractivity contribution in [3.05, 3.63) is 24.3 Å². The Balaban J connectivity index is 2.16. The van der Waals surface area contributed by atoms with E-state index in [2.05, 4.69) is 4.90 Å². The van der Waals surface area contributed by atoms with Crippen molar-refractivity contribution >= 4 is 11.4 Å². The fourth-order valence-corrected chi connectivity index (χ4v) is 2.30. The summed E-state index contributed by atoms with van der Waals surface area (Å²) in [4.78, 5) is 2.14. The SMILES string of the molecule is Nc1ccc(N2CCCC2C(O)CO)cc1. The summed E-state index contributed by atoms with van der Waals surface area (Å²) in [6.07, 6.45) is 1.30. The first-order valence-electron chi connectivity index (χ1n) is 5.63. The number of rotatable bonds is 3. The molecule has 4 heteroatoms. The second-order valence-electron chi connectivity index (χ2n) is 4.24. The Morgan fingerprint density at radius 1 is 1.38 bits per heavy atom. The number of nitrogen functional groups attached to an aromatic ring is 1. The summed E-state index contributed by atoms with van der Waals surface area (Å²) >= 11 is 0. The molecule has 16 heavy (non-hydrogen) atoms. The molecule has 4 nitrogen and oxygen atoms in total. The molecule has 2 atom stereocenters. The molecule has 88 valence electrons. The van der Waals surface area contributed by atoms with Crippen LogP contribution in [0.25, 0.3) is 0 Å². The van der Waals surface area contributed by atoms with Gasteiger partial charge in [-0.3, -0.25) is 0 Å². The summed E-state index contributed by atoms with van der Waals surface area (Å²) in [6.45, 7) is 0.738. The smallest absolute Gasteiger partial charge is 0.0973 e. The second-order valence-corrected chi connectivity index (χ2v) is 4.24. The monoisotopic (exact) mass is 222 g/mol. The van der Waals surface area contributed by atoms with Crippen molar-refractivity contribution in [1.82, 2.24) is 0 Å². The molecule has 1 saturated heterocycles. The van der Waals surface area contributed by atoms with Gasteiger partial charge in [-0.15, -0.1) is 0 Å². The number of anilines is 2. The molecule has 0 aromatic heterocycles. The molecule has 2 rings (SSSR count). The summed E-state index contributed by atoms with van der Waals surface area (Å²) in [5.74, 6) is 0. The Kier molecular flexibility index (Phi) is 3.31. The predicted octanol–water partition coefficient (Wildman–Crippen LogP) is 0.591. The van der Waals surface area contributed by atoms with Gasteiger partial charge in [0.25, 0.3) is 0 Å². The highest BCUT2D eigenvalue weighted by molar-refractivity contribution is 5.54. The fourth-order valence-electron chi connectivity index (χ4n) is 2.30. The molecule has 2 unspecified atom stereocenters. The molecular formula is C12H18N2O2. The van der Waals surface area contributed by atoms with E-state index in [0.717, 1.165) is 30.8 Å². The number of hydrogen-bond donors (Lipinski definition) is 3. The van der Waals surface area contributed by atoms with E-state index < -0.39 is 6.10 Å². The molecule has 4 N–H and O–H groups in total. The standard InChI is InChI=1S/C12H18N2O2/c13-9-3-5-10(6-4-9)14-7-1-2-11(14)12(16)8-15/h3-6,11-12,15-16H,1-2,7-8,13H2. The molecule has 1 heterocycles. The third-order valence-corrected chi connectivity index (χ3v) is 3.16. The van der Waals surface area contributed by atoms with Gasteiger partial charge in [0, 0.05) is 17.9 Å². The Labute approximate surface area is 95.3 Å². The van der Waals surface area contributed by atoms with Crippen LogP contribution in [0.1, 0.15) is 12.8 Å². The maximum Gasteiger partial charge on any atom is 0.0973 e. The minimum Gasteiger partial charge on any atom is -0.399 e. The Morgan fingerprint density at radius 2 is 2.06 bits per heavy atom. The van der Waals surface area contributed by atoms with Crippen molar-refractivity contribution in [2.45, 2.75) is 25.0 Å². The molecule has 0 aliphatic carbocycles. The largest absolute Gasteiger partial charge is 0.399 e. The van der Waals surface area contributed by atoms with Crippen molar-refractivity contribution in [3.8, 4) is 0 Å². The van der Waals surface area contributed by atoms with E-state index in [1.165, 1.54) is 0 Å². The van der Waals surface area contributed by atoms with Crippen molar-refractivity contribution < 1.29 is 10.2 Å².